The quantitative estimate of drug-likeness (QED) is 0.784. The molecule has 0 spiro atoms. The average Bonchev–Trinajstić information content (AvgIpc) is 3.04. The fourth-order valence-corrected chi connectivity index (χ4v) is 3.47. The summed E-state index contributed by atoms with van der Waals surface area (Å²) in [6.45, 7) is 0. The summed E-state index contributed by atoms with van der Waals surface area (Å²) in [6.07, 6.45) is 9.73. The summed E-state index contributed by atoms with van der Waals surface area (Å²) in [5.41, 5.74) is 3.82. The van der Waals surface area contributed by atoms with Gasteiger partial charge in [0.2, 0.25) is 0 Å². The lowest BCUT2D eigenvalue weighted by molar-refractivity contribution is 0.0697. The number of hydrogen-bond acceptors (Lipinski definition) is 3. The fourth-order valence-electron chi connectivity index (χ4n) is 3.47. The Morgan fingerprint density at radius 2 is 2.05 bits per heavy atom. The first kappa shape index (κ1) is 13.2. The zero-order valence-electron chi connectivity index (χ0n) is 12.2. The molecule has 1 aliphatic rings. The zero-order valence-corrected chi connectivity index (χ0v) is 12.2. The number of aromatic nitrogens is 3. The van der Waals surface area contributed by atoms with Gasteiger partial charge in [0.05, 0.1) is 22.3 Å². The molecule has 22 heavy (non-hydrogen) atoms. The fraction of sp³-hybridized carbons (Fsp3) is 0.353. The number of aromatic carboxylic acids is 1. The molecule has 4 rings (SSSR count). The Hall–Kier alpha value is -2.43. The number of nitrogens with zero attached hydrogens (tertiary/aromatic N) is 3. The van der Waals surface area contributed by atoms with Crippen molar-refractivity contribution < 1.29 is 9.90 Å². The van der Waals surface area contributed by atoms with Crippen molar-refractivity contribution in [1.82, 2.24) is 14.4 Å². The van der Waals surface area contributed by atoms with E-state index in [2.05, 4.69) is 4.98 Å². The van der Waals surface area contributed by atoms with Crippen LogP contribution in [-0.2, 0) is 0 Å². The van der Waals surface area contributed by atoms with E-state index < -0.39 is 5.97 Å². The summed E-state index contributed by atoms with van der Waals surface area (Å²) < 4.78 is 2.03. The Balaban J connectivity index is 1.97. The molecule has 0 bridgehead atoms. The van der Waals surface area contributed by atoms with Crippen molar-refractivity contribution in [1.29, 1.82) is 0 Å². The van der Waals surface area contributed by atoms with Crippen molar-refractivity contribution in [3.05, 3.63) is 41.9 Å². The largest absolute Gasteiger partial charge is 0.478 e. The van der Waals surface area contributed by atoms with E-state index in [1.165, 1.54) is 19.3 Å². The monoisotopic (exact) mass is 295 g/mol. The topological polar surface area (TPSA) is 67.5 Å². The Bertz CT molecular complexity index is 863. The molecule has 1 fully saturated rings. The molecule has 1 N–H and O–H groups in total. The first-order valence-electron chi connectivity index (χ1n) is 7.74. The Morgan fingerprint density at radius 3 is 2.82 bits per heavy atom. The van der Waals surface area contributed by atoms with Gasteiger partial charge in [0.25, 0.3) is 0 Å². The van der Waals surface area contributed by atoms with E-state index in [0.29, 0.717) is 5.92 Å². The Labute approximate surface area is 127 Å². The third kappa shape index (κ3) is 2.04. The summed E-state index contributed by atoms with van der Waals surface area (Å²) in [7, 11) is 0. The van der Waals surface area contributed by atoms with Crippen molar-refractivity contribution >= 4 is 22.6 Å². The highest BCUT2D eigenvalue weighted by Crippen LogP contribution is 2.34. The second kappa shape index (κ2) is 5.09. The first-order valence-corrected chi connectivity index (χ1v) is 7.74. The summed E-state index contributed by atoms with van der Waals surface area (Å²) in [6, 6.07) is 5.08. The summed E-state index contributed by atoms with van der Waals surface area (Å²) in [5.74, 6) is -0.495. The lowest BCUT2D eigenvalue weighted by Gasteiger charge is -2.22. The summed E-state index contributed by atoms with van der Waals surface area (Å²) in [5, 5.41) is 9.19. The highest BCUT2D eigenvalue weighted by molar-refractivity contribution is 5.92. The molecular weight excluding hydrogens is 278 g/mol. The van der Waals surface area contributed by atoms with Gasteiger partial charge in [-0.2, -0.15) is 0 Å². The van der Waals surface area contributed by atoms with Gasteiger partial charge in [-0.05, 0) is 31.0 Å². The van der Waals surface area contributed by atoms with Gasteiger partial charge in [-0.3, -0.25) is 4.40 Å². The molecule has 0 aliphatic heterocycles. The standard InChI is InChI=1S/C17H17N3O2/c21-17(22)12-6-7-14-13(10-12)19-15(11-4-2-1-3-5-11)16-18-8-9-20(14)16/h6-11H,1-5H2,(H,21,22). The predicted molar refractivity (Wildman–Crippen MR) is 83.3 cm³/mol. The summed E-state index contributed by atoms with van der Waals surface area (Å²) >= 11 is 0. The van der Waals surface area contributed by atoms with E-state index >= 15 is 0 Å². The molecule has 0 radical (unpaired) electrons. The number of hydrogen-bond donors (Lipinski definition) is 1. The average molecular weight is 295 g/mol. The van der Waals surface area contributed by atoms with Crippen molar-refractivity contribution in [2.45, 2.75) is 38.0 Å². The molecule has 0 atom stereocenters. The van der Waals surface area contributed by atoms with Crippen LogP contribution in [0.3, 0.4) is 0 Å². The van der Waals surface area contributed by atoms with E-state index in [0.717, 1.165) is 35.2 Å². The van der Waals surface area contributed by atoms with E-state index in [-0.39, 0.29) is 5.56 Å². The molecule has 1 aromatic carbocycles. The molecule has 0 saturated heterocycles. The number of carboxylic acids is 1. The number of benzene rings is 1. The number of imidazole rings is 1. The molecule has 1 aliphatic carbocycles. The van der Waals surface area contributed by atoms with Crippen molar-refractivity contribution in [2.75, 3.05) is 0 Å². The van der Waals surface area contributed by atoms with Crippen LogP contribution in [0, 0.1) is 0 Å². The van der Waals surface area contributed by atoms with Gasteiger partial charge in [-0.25, -0.2) is 14.8 Å². The minimum absolute atomic E-state index is 0.272. The molecule has 5 heteroatoms. The van der Waals surface area contributed by atoms with Crippen molar-refractivity contribution in [3.63, 3.8) is 0 Å². The third-order valence-corrected chi connectivity index (χ3v) is 4.58. The van der Waals surface area contributed by atoms with E-state index in [1.54, 1.807) is 18.3 Å². The highest BCUT2D eigenvalue weighted by atomic mass is 16.4. The van der Waals surface area contributed by atoms with Crippen LogP contribution in [0.2, 0.25) is 0 Å². The minimum Gasteiger partial charge on any atom is -0.478 e. The van der Waals surface area contributed by atoms with Crippen LogP contribution in [-0.4, -0.2) is 25.4 Å². The summed E-state index contributed by atoms with van der Waals surface area (Å²) in [4.78, 5) is 20.5. The lowest BCUT2D eigenvalue weighted by atomic mass is 9.87. The van der Waals surface area contributed by atoms with Crippen molar-refractivity contribution in [3.8, 4) is 0 Å². The van der Waals surface area contributed by atoms with Crippen LogP contribution in [0.25, 0.3) is 16.7 Å². The van der Waals surface area contributed by atoms with Gasteiger partial charge in [0, 0.05) is 18.3 Å². The third-order valence-electron chi connectivity index (χ3n) is 4.58. The molecular formula is C17H17N3O2. The van der Waals surface area contributed by atoms with Crippen LogP contribution in [0.15, 0.2) is 30.6 Å². The molecule has 3 aromatic rings. The Kier molecular flexibility index (Phi) is 3.06. The number of carbonyl (C=O) groups is 1. The zero-order chi connectivity index (χ0) is 15.1. The predicted octanol–water partition coefficient (Wildman–Crippen LogP) is 3.63. The number of fused-ring (bicyclic) bond motifs is 3. The maximum Gasteiger partial charge on any atom is 0.335 e. The van der Waals surface area contributed by atoms with Gasteiger partial charge in [-0.15, -0.1) is 0 Å². The van der Waals surface area contributed by atoms with Crippen LogP contribution in [0.4, 0.5) is 0 Å². The normalized spacial score (nSPS) is 16.4. The second-order valence-corrected chi connectivity index (χ2v) is 5.96. The highest BCUT2D eigenvalue weighted by Gasteiger charge is 2.21. The van der Waals surface area contributed by atoms with Gasteiger partial charge in [0.1, 0.15) is 0 Å². The second-order valence-electron chi connectivity index (χ2n) is 5.96. The van der Waals surface area contributed by atoms with Gasteiger partial charge in [0.15, 0.2) is 5.65 Å². The van der Waals surface area contributed by atoms with Gasteiger partial charge >= 0.3 is 5.97 Å². The van der Waals surface area contributed by atoms with E-state index in [9.17, 15) is 9.90 Å². The maximum absolute atomic E-state index is 11.2. The first-order chi connectivity index (χ1) is 10.7. The molecule has 1 saturated carbocycles. The molecule has 2 heterocycles. The molecule has 0 amide bonds. The van der Waals surface area contributed by atoms with Crippen LogP contribution in [0.1, 0.15) is 54.1 Å². The van der Waals surface area contributed by atoms with Crippen LogP contribution < -0.4 is 0 Å². The van der Waals surface area contributed by atoms with Gasteiger partial charge < -0.3 is 5.11 Å². The molecule has 112 valence electrons. The SMILES string of the molecule is O=C(O)c1ccc2c(c1)nc(C1CCCCC1)c1nccn12. The molecule has 5 nitrogen and oxygen atoms in total. The van der Waals surface area contributed by atoms with Crippen LogP contribution in [0.5, 0.6) is 0 Å². The number of rotatable bonds is 2. The van der Waals surface area contributed by atoms with Crippen molar-refractivity contribution in [2.24, 2.45) is 0 Å². The van der Waals surface area contributed by atoms with E-state index in [4.69, 9.17) is 4.98 Å². The van der Waals surface area contributed by atoms with Crippen LogP contribution >= 0.6 is 0 Å². The molecule has 2 aromatic heterocycles. The molecule has 0 unspecified atom stereocenters. The smallest absolute Gasteiger partial charge is 0.335 e. The number of carboxylic acid groups (broad SMARTS) is 1. The van der Waals surface area contributed by atoms with Gasteiger partial charge in [-0.1, -0.05) is 19.3 Å². The lowest BCUT2D eigenvalue weighted by Crippen LogP contribution is -2.10. The van der Waals surface area contributed by atoms with E-state index in [1.807, 2.05) is 16.7 Å². The minimum atomic E-state index is -0.923. The Morgan fingerprint density at radius 1 is 1.23 bits per heavy atom. The maximum atomic E-state index is 11.2.